The summed E-state index contributed by atoms with van der Waals surface area (Å²) in [5.41, 5.74) is 1.54. The molecule has 2 aromatic rings. The maximum Gasteiger partial charge on any atom is 0.263 e. The van der Waals surface area contributed by atoms with Crippen molar-refractivity contribution in [2.75, 3.05) is 0 Å². The highest BCUT2D eigenvalue weighted by atomic mass is 35.5. The topological polar surface area (TPSA) is 67.8 Å². The summed E-state index contributed by atoms with van der Waals surface area (Å²) < 4.78 is 34.3. The maximum atomic E-state index is 12.8. The first-order chi connectivity index (χ1) is 15.1. The number of nitrogens with one attached hydrogen (secondary N) is 1. The monoisotopic (exact) mass is 530 g/mol. The van der Waals surface area contributed by atoms with Gasteiger partial charge in [-0.25, -0.2) is 8.42 Å². The number of ether oxygens (including phenoxy) is 1. The van der Waals surface area contributed by atoms with Crippen LogP contribution in [0.15, 0.2) is 74.9 Å². The first-order valence-electron chi connectivity index (χ1n) is 9.61. The summed E-state index contributed by atoms with van der Waals surface area (Å²) in [5.74, 6) is 0.370. The van der Waals surface area contributed by atoms with Crippen LogP contribution >= 0.6 is 46.4 Å². The lowest BCUT2D eigenvalue weighted by atomic mass is 9.93. The van der Waals surface area contributed by atoms with Crippen LogP contribution in [0.2, 0.25) is 10.0 Å². The van der Waals surface area contributed by atoms with Crippen LogP contribution in [0.3, 0.4) is 0 Å². The van der Waals surface area contributed by atoms with Crippen molar-refractivity contribution in [1.82, 2.24) is 4.72 Å². The van der Waals surface area contributed by atoms with Crippen LogP contribution in [0.25, 0.3) is 0 Å². The Morgan fingerprint density at radius 2 is 1.91 bits per heavy atom. The third-order valence-electron chi connectivity index (χ3n) is 5.02. The zero-order valence-corrected chi connectivity index (χ0v) is 20.6. The van der Waals surface area contributed by atoms with E-state index < -0.39 is 21.0 Å². The molecule has 1 aliphatic heterocycles. The second kappa shape index (κ2) is 8.92. The van der Waals surface area contributed by atoms with Gasteiger partial charge in [-0.05, 0) is 42.8 Å². The summed E-state index contributed by atoms with van der Waals surface area (Å²) >= 11 is 24.9. The predicted molar refractivity (Wildman–Crippen MR) is 130 cm³/mol. The molecule has 1 N–H and O–H groups in total. The number of sulfonamides is 1. The van der Waals surface area contributed by atoms with E-state index in [1.165, 1.54) is 24.3 Å². The Morgan fingerprint density at radius 1 is 1.16 bits per heavy atom. The van der Waals surface area contributed by atoms with Crippen molar-refractivity contribution in [1.29, 1.82) is 0 Å². The summed E-state index contributed by atoms with van der Waals surface area (Å²) in [4.78, 5) is 4.39. The molecule has 2 aliphatic rings. The van der Waals surface area contributed by atoms with Gasteiger partial charge in [-0.15, -0.1) is 11.6 Å². The van der Waals surface area contributed by atoms with Gasteiger partial charge in [0, 0.05) is 29.8 Å². The SMILES string of the molecule is CC1(OC2=C(Cl)C=C(NS(=O)(=O)c3ccc(Cl)cc3Cl)CC2Cl)C=Nc2ccccc2C1. The molecule has 0 fully saturated rings. The number of halogens is 4. The van der Waals surface area contributed by atoms with Crippen LogP contribution in [0, 0.1) is 0 Å². The standard InChI is InChI=1S/C22H18Cl4N2O3S/c1-22(11-13-4-2-3-5-19(13)27-12-22)31-21-17(25)9-15(10-18(21)26)28-32(29,30)20-7-6-14(23)8-16(20)24/h2-9,12,18,28H,10-11H2,1H3. The number of nitrogens with zero attached hydrogens (tertiary/aromatic N) is 1. The molecule has 1 aliphatic carbocycles. The third kappa shape index (κ3) is 4.95. The van der Waals surface area contributed by atoms with Crippen LogP contribution in [0.4, 0.5) is 5.69 Å². The van der Waals surface area contributed by atoms with Gasteiger partial charge in [0.25, 0.3) is 10.0 Å². The highest BCUT2D eigenvalue weighted by molar-refractivity contribution is 7.89. The maximum absolute atomic E-state index is 12.8. The Balaban J connectivity index is 1.56. The second-order valence-electron chi connectivity index (χ2n) is 7.71. The van der Waals surface area contributed by atoms with E-state index in [9.17, 15) is 8.42 Å². The molecule has 0 saturated carbocycles. The lowest BCUT2D eigenvalue weighted by Gasteiger charge is -2.34. The molecule has 168 valence electrons. The Hall–Kier alpha value is -1.70. The zero-order chi connectivity index (χ0) is 23.1. The molecule has 0 saturated heterocycles. The van der Waals surface area contributed by atoms with Crippen molar-refractivity contribution in [2.45, 2.75) is 35.6 Å². The molecule has 32 heavy (non-hydrogen) atoms. The fraction of sp³-hybridized carbons (Fsp3) is 0.227. The molecular formula is C22H18Cl4N2O3S. The molecule has 4 rings (SSSR count). The summed E-state index contributed by atoms with van der Waals surface area (Å²) in [7, 11) is -3.96. The molecule has 10 heteroatoms. The van der Waals surface area contributed by atoms with E-state index in [1.54, 1.807) is 6.21 Å². The number of fused-ring (bicyclic) bond motifs is 1. The highest BCUT2D eigenvalue weighted by Crippen LogP contribution is 2.37. The molecular weight excluding hydrogens is 514 g/mol. The van der Waals surface area contributed by atoms with E-state index >= 15 is 0 Å². The van der Waals surface area contributed by atoms with E-state index in [1.807, 2.05) is 31.2 Å². The van der Waals surface area contributed by atoms with Gasteiger partial charge in [0.15, 0.2) is 0 Å². The summed E-state index contributed by atoms with van der Waals surface area (Å²) in [5, 5.41) is -0.112. The minimum absolute atomic E-state index is 0.0132. The highest BCUT2D eigenvalue weighted by Gasteiger charge is 2.34. The van der Waals surface area contributed by atoms with Crippen LogP contribution in [-0.4, -0.2) is 25.6 Å². The molecule has 1 heterocycles. The van der Waals surface area contributed by atoms with E-state index in [0.29, 0.717) is 22.9 Å². The Morgan fingerprint density at radius 3 is 2.62 bits per heavy atom. The molecule has 0 radical (unpaired) electrons. The predicted octanol–water partition coefficient (Wildman–Crippen LogP) is 6.35. The molecule has 0 amide bonds. The van der Waals surface area contributed by atoms with E-state index in [2.05, 4.69) is 9.71 Å². The van der Waals surface area contributed by atoms with Gasteiger partial charge in [0.05, 0.1) is 21.1 Å². The second-order valence-corrected chi connectivity index (χ2v) is 11.1. The lowest BCUT2D eigenvalue weighted by molar-refractivity contribution is 0.0764. The minimum Gasteiger partial charge on any atom is -0.483 e. The van der Waals surface area contributed by atoms with Crippen LogP contribution in [0.5, 0.6) is 0 Å². The fourth-order valence-electron chi connectivity index (χ4n) is 3.55. The molecule has 0 bridgehead atoms. The Kier molecular flexibility index (Phi) is 6.54. The minimum atomic E-state index is -3.96. The van der Waals surface area contributed by atoms with Crippen molar-refractivity contribution in [3.8, 4) is 0 Å². The average Bonchev–Trinajstić information content (AvgIpc) is 2.70. The first kappa shape index (κ1) is 23.5. The molecule has 2 atom stereocenters. The van der Waals surface area contributed by atoms with Crippen molar-refractivity contribution < 1.29 is 13.2 Å². The van der Waals surface area contributed by atoms with Gasteiger partial charge < -0.3 is 4.74 Å². The van der Waals surface area contributed by atoms with Crippen LogP contribution in [0.1, 0.15) is 18.9 Å². The van der Waals surface area contributed by atoms with Crippen molar-refractivity contribution >= 4 is 68.3 Å². The number of alkyl halides is 1. The van der Waals surface area contributed by atoms with Gasteiger partial charge in [0.1, 0.15) is 16.3 Å². The zero-order valence-electron chi connectivity index (χ0n) is 16.8. The van der Waals surface area contributed by atoms with Crippen molar-refractivity contribution in [3.63, 3.8) is 0 Å². The smallest absolute Gasteiger partial charge is 0.263 e. The van der Waals surface area contributed by atoms with Gasteiger partial charge in [0.2, 0.25) is 0 Å². The lowest BCUT2D eigenvalue weighted by Crippen LogP contribution is -2.37. The van der Waals surface area contributed by atoms with E-state index in [4.69, 9.17) is 51.1 Å². The fourth-order valence-corrected chi connectivity index (χ4v) is 6.11. The molecule has 2 aromatic carbocycles. The number of para-hydroxylation sites is 1. The number of benzene rings is 2. The van der Waals surface area contributed by atoms with Gasteiger partial charge >= 0.3 is 0 Å². The third-order valence-corrected chi connectivity index (χ3v) is 7.80. The number of hydrogen-bond acceptors (Lipinski definition) is 4. The van der Waals surface area contributed by atoms with Gasteiger partial charge in [-0.2, -0.15) is 0 Å². The average molecular weight is 532 g/mol. The van der Waals surface area contributed by atoms with E-state index in [0.717, 1.165) is 11.3 Å². The molecule has 2 unspecified atom stereocenters. The van der Waals surface area contributed by atoms with Crippen LogP contribution in [-0.2, 0) is 21.2 Å². The quantitative estimate of drug-likeness (QED) is 0.457. The number of aliphatic imine (C=N–C) groups is 1. The van der Waals surface area contributed by atoms with E-state index in [-0.39, 0.29) is 21.4 Å². The summed E-state index contributed by atoms with van der Waals surface area (Å²) in [6, 6.07) is 12.0. The first-order valence-corrected chi connectivity index (χ1v) is 12.7. The summed E-state index contributed by atoms with van der Waals surface area (Å²) in [6.45, 7) is 1.90. The number of hydrogen-bond donors (Lipinski definition) is 1. The largest absolute Gasteiger partial charge is 0.483 e. The van der Waals surface area contributed by atoms with Crippen LogP contribution < -0.4 is 4.72 Å². The van der Waals surface area contributed by atoms with Crippen molar-refractivity contribution in [2.24, 2.45) is 4.99 Å². The number of rotatable bonds is 5. The molecule has 0 spiro atoms. The Bertz CT molecular complexity index is 1270. The number of allylic oxidation sites excluding steroid dienone is 4. The van der Waals surface area contributed by atoms with Crippen molar-refractivity contribution in [3.05, 3.63) is 80.6 Å². The molecule has 0 aromatic heterocycles. The Labute approximate surface area is 206 Å². The van der Waals surface area contributed by atoms with Gasteiger partial charge in [-0.1, -0.05) is 53.0 Å². The molecule has 5 nitrogen and oxygen atoms in total. The van der Waals surface area contributed by atoms with Gasteiger partial charge in [-0.3, -0.25) is 9.71 Å². The normalized spacial score (nSPS) is 22.9. The summed E-state index contributed by atoms with van der Waals surface area (Å²) in [6.07, 6.45) is 4.00.